The van der Waals surface area contributed by atoms with E-state index in [1.165, 1.54) is 11.3 Å². The first-order valence-corrected chi connectivity index (χ1v) is 11.3. The fraction of sp³-hybridized carbons (Fsp3) is 0.708. The van der Waals surface area contributed by atoms with Crippen molar-refractivity contribution in [3.8, 4) is 0 Å². The fourth-order valence-electron chi connectivity index (χ4n) is 5.33. The Morgan fingerprint density at radius 1 is 1.10 bits per heavy atom. The van der Waals surface area contributed by atoms with E-state index in [2.05, 4.69) is 56.9 Å². The van der Waals surface area contributed by atoms with E-state index in [1.54, 1.807) is 0 Å². The zero-order chi connectivity index (χ0) is 20.8. The maximum absolute atomic E-state index is 14.4. The molecular weight excluding hydrogens is 365 g/mol. The number of piperidine rings is 1. The van der Waals surface area contributed by atoms with Crippen LogP contribution >= 0.6 is 0 Å². The Bertz CT molecular complexity index is 718. The highest BCUT2D eigenvalue weighted by atomic mass is 19.1. The third-order valence-electron chi connectivity index (χ3n) is 7.27. The normalized spacial score (nSPS) is 26.7. The summed E-state index contributed by atoms with van der Waals surface area (Å²) in [7, 11) is 0. The van der Waals surface area contributed by atoms with Gasteiger partial charge in [-0.15, -0.1) is 0 Å². The van der Waals surface area contributed by atoms with Crippen molar-refractivity contribution in [2.75, 3.05) is 50.7 Å². The molecule has 3 fully saturated rings. The molecule has 0 aliphatic carbocycles. The van der Waals surface area contributed by atoms with Crippen molar-refractivity contribution in [2.45, 2.75) is 46.2 Å². The first-order chi connectivity index (χ1) is 13.8. The van der Waals surface area contributed by atoms with Gasteiger partial charge >= 0.3 is 0 Å². The van der Waals surface area contributed by atoms with E-state index in [0.717, 1.165) is 39.1 Å². The van der Waals surface area contributed by atoms with E-state index in [0.29, 0.717) is 24.9 Å². The van der Waals surface area contributed by atoms with E-state index in [9.17, 15) is 9.18 Å². The van der Waals surface area contributed by atoms with Crippen molar-refractivity contribution >= 4 is 11.6 Å². The van der Waals surface area contributed by atoms with Crippen LogP contribution in [0.3, 0.4) is 0 Å². The Kier molecular flexibility index (Phi) is 5.62. The molecule has 3 heterocycles. The molecule has 0 bridgehead atoms. The predicted molar refractivity (Wildman–Crippen MR) is 116 cm³/mol. The van der Waals surface area contributed by atoms with Gasteiger partial charge in [0.05, 0.1) is 6.54 Å². The van der Waals surface area contributed by atoms with E-state index < -0.39 is 6.17 Å². The molecule has 1 amide bonds. The van der Waals surface area contributed by atoms with Gasteiger partial charge in [-0.2, -0.15) is 0 Å². The molecule has 4 rings (SSSR count). The van der Waals surface area contributed by atoms with Gasteiger partial charge in [-0.05, 0) is 48.4 Å². The van der Waals surface area contributed by atoms with Crippen LogP contribution in [-0.2, 0) is 4.79 Å². The Hall–Kier alpha value is -1.62. The fourth-order valence-corrected chi connectivity index (χ4v) is 5.33. The molecule has 0 N–H and O–H groups in total. The minimum absolute atomic E-state index is 0.143. The van der Waals surface area contributed by atoms with Gasteiger partial charge < -0.3 is 9.80 Å². The molecule has 1 aromatic rings. The lowest BCUT2D eigenvalue weighted by molar-refractivity contribution is -0.147. The summed E-state index contributed by atoms with van der Waals surface area (Å²) in [5.74, 6) is 1.25. The lowest BCUT2D eigenvalue weighted by Gasteiger charge is -2.61. The first kappa shape index (κ1) is 20.6. The molecule has 2 atom stereocenters. The van der Waals surface area contributed by atoms with Crippen LogP contribution in [0.1, 0.15) is 45.6 Å². The number of hydrogen-bond acceptors (Lipinski definition) is 3. The Morgan fingerprint density at radius 3 is 2.31 bits per heavy atom. The number of nitrogens with zero attached hydrogens (tertiary/aromatic N) is 3. The molecule has 0 radical (unpaired) electrons. The SMILES string of the molecule is CC(C)c1ccc(N2CC3(CN(C(=O)CN4CCC(C(C)C)C(F)C4)C3)C2)cc1. The van der Waals surface area contributed by atoms with Crippen LogP contribution in [0.2, 0.25) is 0 Å². The van der Waals surface area contributed by atoms with Crippen LogP contribution in [0, 0.1) is 17.3 Å². The van der Waals surface area contributed by atoms with E-state index >= 15 is 0 Å². The molecular formula is C24H36FN3O. The molecule has 160 valence electrons. The van der Waals surface area contributed by atoms with Crippen molar-refractivity contribution in [3.63, 3.8) is 0 Å². The third-order valence-corrected chi connectivity index (χ3v) is 7.27. The number of benzene rings is 1. The highest BCUT2D eigenvalue weighted by Crippen LogP contribution is 2.42. The summed E-state index contributed by atoms with van der Waals surface area (Å²) in [5.41, 5.74) is 2.93. The highest BCUT2D eigenvalue weighted by molar-refractivity contribution is 5.79. The van der Waals surface area contributed by atoms with Gasteiger partial charge in [0.1, 0.15) is 6.17 Å². The van der Waals surface area contributed by atoms with E-state index in [4.69, 9.17) is 0 Å². The van der Waals surface area contributed by atoms with Crippen LogP contribution in [0.15, 0.2) is 24.3 Å². The second kappa shape index (κ2) is 7.90. The molecule has 0 aromatic heterocycles. The molecule has 3 aliphatic rings. The quantitative estimate of drug-likeness (QED) is 0.751. The Balaban J connectivity index is 1.21. The number of carbonyl (C=O) groups is 1. The van der Waals surface area contributed by atoms with Crippen LogP contribution in [0.25, 0.3) is 0 Å². The molecule has 3 aliphatic heterocycles. The largest absolute Gasteiger partial charge is 0.370 e. The van der Waals surface area contributed by atoms with Crippen LogP contribution in [-0.4, -0.2) is 67.7 Å². The predicted octanol–water partition coefficient (Wildman–Crippen LogP) is 3.77. The van der Waals surface area contributed by atoms with Crippen molar-refractivity contribution in [2.24, 2.45) is 17.3 Å². The Morgan fingerprint density at radius 2 is 1.76 bits per heavy atom. The Labute approximate surface area is 175 Å². The van der Waals surface area contributed by atoms with Gasteiger partial charge in [-0.1, -0.05) is 39.8 Å². The summed E-state index contributed by atoms with van der Waals surface area (Å²) in [6.45, 7) is 14.0. The minimum atomic E-state index is -0.804. The lowest BCUT2D eigenvalue weighted by Crippen LogP contribution is -2.73. The van der Waals surface area contributed by atoms with E-state index in [1.807, 2.05) is 9.80 Å². The molecule has 0 saturated carbocycles. The van der Waals surface area contributed by atoms with Crippen molar-refractivity contribution in [1.82, 2.24) is 9.80 Å². The summed E-state index contributed by atoms with van der Waals surface area (Å²) in [4.78, 5) is 19.0. The first-order valence-electron chi connectivity index (χ1n) is 11.3. The number of rotatable bonds is 5. The molecule has 4 nitrogen and oxygen atoms in total. The number of anilines is 1. The number of amides is 1. The number of hydrogen-bond donors (Lipinski definition) is 0. The van der Waals surface area contributed by atoms with E-state index in [-0.39, 0.29) is 17.2 Å². The number of alkyl halides is 1. The van der Waals surface area contributed by atoms with Crippen molar-refractivity contribution < 1.29 is 9.18 Å². The maximum atomic E-state index is 14.4. The van der Waals surface area contributed by atoms with Crippen molar-refractivity contribution in [3.05, 3.63) is 29.8 Å². The molecule has 1 spiro atoms. The third kappa shape index (κ3) is 4.16. The standard InChI is InChI=1S/C24H36FN3O/c1-17(2)19-5-7-20(8-6-19)27-13-24(14-27)15-28(16-24)23(29)12-26-10-9-21(18(3)4)22(25)11-26/h5-8,17-18,21-22H,9-16H2,1-4H3. The summed E-state index contributed by atoms with van der Waals surface area (Å²) in [6.07, 6.45) is 0.0576. The van der Waals surface area contributed by atoms with Gasteiger partial charge in [-0.3, -0.25) is 9.69 Å². The highest BCUT2D eigenvalue weighted by Gasteiger charge is 2.53. The maximum Gasteiger partial charge on any atom is 0.236 e. The molecule has 3 saturated heterocycles. The second-order valence-corrected chi connectivity index (χ2v) is 10.3. The monoisotopic (exact) mass is 401 g/mol. The summed E-state index contributed by atoms with van der Waals surface area (Å²) in [6, 6.07) is 8.89. The average Bonchev–Trinajstić information content (AvgIpc) is 2.59. The van der Waals surface area contributed by atoms with Crippen molar-refractivity contribution in [1.29, 1.82) is 0 Å². The van der Waals surface area contributed by atoms with Crippen LogP contribution in [0.5, 0.6) is 0 Å². The van der Waals surface area contributed by atoms with Gasteiger partial charge in [0.25, 0.3) is 0 Å². The average molecular weight is 402 g/mol. The van der Waals surface area contributed by atoms with Crippen LogP contribution in [0.4, 0.5) is 10.1 Å². The topological polar surface area (TPSA) is 26.8 Å². The van der Waals surface area contributed by atoms with Gasteiger partial charge in [0.2, 0.25) is 5.91 Å². The second-order valence-electron chi connectivity index (χ2n) is 10.3. The summed E-state index contributed by atoms with van der Waals surface area (Å²) < 4.78 is 14.4. The molecule has 5 heteroatoms. The van der Waals surface area contributed by atoms with Gasteiger partial charge in [0.15, 0.2) is 0 Å². The number of likely N-dealkylation sites (tertiary alicyclic amines) is 2. The lowest BCUT2D eigenvalue weighted by atomic mass is 9.72. The smallest absolute Gasteiger partial charge is 0.236 e. The van der Waals surface area contributed by atoms with Gasteiger partial charge in [-0.25, -0.2) is 4.39 Å². The molecule has 2 unspecified atom stereocenters. The zero-order valence-electron chi connectivity index (χ0n) is 18.4. The number of halogens is 1. The van der Waals surface area contributed by atoms with Gasteiger partial charge in [0, 0.05) is 43.8 Å². The minimum Gasteiger partial charge on any atom is -0.370 e. The van der Waals surface area contributed by atoms with Crippen LogP contribution < -0.4 is 4.90 Å². The molecule has 29 heavy (non-hydrogen) atoms. The zero-order valence-corrected chi connectivity index (χ0v) is 18.4. The molecule has 1 aromatic carbocycles. The summed E-state index contributed by atoms with van der Waals surface area (Å²) in [5, 5.41) is 0. The summed E-state index contributed by atoms with van der Waals surface area (Å²) >= 11 is 0. The number of carbonyl (C=O) groups excluding carboxylic acids is 1.